The number of amides is 1. The summed E-state index contributed by atoms with van der Waals surface area (Å²) in [5.41, 5.74) is 3.40. The van der Waals surface area contributed by atoms with E-state index in [1.165, 1.54) is 28.0 Å². The van der Waals surface area contributed by atoms with Crippen LogP contribution in [0.2, 0.25) is 0 Å². The minimum absolute atomic E-state index is 0.0158. The SMILES string of the molecule is CCOc1ccc(/C(O)=C2/C(=O)C(=O)N(c3nnc(SCc4ccccc4)s3)C2c2ccc(CC)cc2)cc1. The van der Waals surface area contributed by atoms with Crippen molar-refractivity contribution in [2.45, 2.75) is 36.4 Å². The van der Waals surface area contributed by atoms with Crippen LogP contribution in [-0.2, 0) is 21.8 Å². The molecule has 1 N–H and O–H groups in total. The quantitative estimate of drug-likeness (QED) is 0.0835. The predicted octanol–water partition coefficient (Wildman–Crippen LogP) is 6.42. The summed E-state index contributed by atoms with van der Waals surface area (Å²) in [5.74, 6) is -0.404. The predicted molar refractivity (Wildman–Crippen MR) is 154 cm³/mol. The monoisotopic (exact) mass is 557 g/mol. The van der Waals surface area contributed by atoms with E-state index in [-0.39, 0.29) is 11.3 Å². The average molecular weight is 558 g/mol. The number of aliphatic hydroxyl groups excluding tert-OH is 1. The van der Waals surface area contributed by atoms with Gasteiger partial charge in [0.2, 0.25) is 5.13 Å². The van der Waals surface area contributed by atoms with Gasteiger partial charge in [-0.3, -0.25) is 14.5 Å². The number of aryl methyl sites for hydroxylation is 1. The van der Waals surface area contributed by atoms with Crippen molar-refractivity contribution in [2.24, 2.45) is 0 Å². The number of hydrogen-bond acceptors (Lipinski definition) is 8. The van der Waals surface area contributed by atoms with Gasteiger partial charge in [-0.15, -0.1) is 10.2 Å². The van der Waals surface area contributed by atoms with Gasteiger partial charge in [-0.25, -0.2) is 0 Å². The van der Waals surface area contributed by atoms with Crippen LogP contribution in [0, 0.1) is 0 Å². The molecule has 0 bridgehead atoms. The highest BCUT2D eigenvalue weighted by Crippen LogP contribution is 2.44. The molecule has 1 aromatic heterocycles. The van der Waals surface area contributed by atoms with E-state index in [0.717, 1.165) is 17.5 Å². The number of carbonyl (C=O) groups excluding carboxylic acids is 2. The highest BCUT2D eigenvalue weighted by molar-refractivity contribution is 8.00. The number of Topliss-reactive ketones (excluding diaryl/α,β-unsaturated/α-hetero) is 1. The Hall–Kier alpha value is -3.95. The summed E-state index contributed by atoms with van der Waals surface area (Å²) < 4.78 is 6.18. The van der Waals surface area contributed by atoms with Crippen molar-refractivity contribution in [3.8, 4) is 5.75 Å². The third-order valence-corrected chi connectivity index (χ3v) is 8.52. The maximum Gasteiger partial charge on any atom is 0.301 e. The van der Waals surface area contributed by atoms with Crippen LogP contribution in [0.15, 0.2) is 88.8 Å². The van der Waals surface area contributed by atoms with Crippen LogP contribution < -0.4 is 9.64 Å². The Morgan fingerprint density at radius 2 is 1.67 bits per heavy atom. The summed E-state index contributed by atoms with van der Waals surface area (Å²) in [6.45, 7) is 4.46. The van der Waals surface area contributed by atoms with E-state index in [4.69, 9.17) is 4.74 Å². The normalized spacial score (nSPS) is 16.6. The molecule has 0 spiro atoms. The van der Waals surface area contributed by atoms with Gasteiger partial charge >= 0.3 is 5.91 Å². The molecule has 2 heterocycles. The largest absolute Gasteiger partial charge is 0.507 e. The summed E-state index contributed by atoms with van der Waals surface area (Å²) in [7, 11) is 0. The lowest BCUT2D eigenvalue weighted by Gasteiger charge is -2.22. The van der Waals surface area contributed by atoms with E-state index in [1.807, 2.05) is 61.5 Å². The lowest BCUT2D eigenvalue weighted by Crippen LogP contribution is -2.29. The number of thioether (sulfide) groups is 1. The van der Waals surface area contributed by atoms with Crippen LogP contribution in [0.1, 0.15) is 42.1 Å². The van der Waals surface area contributed by atoms with E-state index >= 15 is 0 Å². The Bertz CT molecular complexity index is 1500. The zero-order valence-corrected chi connectivity index (χ0v) is 23.2. The van der Waals surface area contributed by atoms with Crippen molar-refractivity contribution in [3.05, 3.63) is 107 Å². The number of nitrogens with zero attached hydrogens (tertiary/aromatic N) is 3. The molecule has 3 aromatic carbocycles. The maximum atomic E-state index is 13.4. The zero-order chi connectivity index (χ0) is 27.4. The fraction of sp³-hybridized carbons (Fsp3) is 0.200. The van der Waals surface area contributed by atoms with Crippen LogP contribution in [-0.4, -0.2) is 33.6 Å². The van der Waals surface area contributed by atoms with Crippen molar-refractivity contribution in [1.29, 1.82) is 0 Å². The fourth-order valence-electron chi connectivity index (χ4n) is 4.39. The summed E-state index contributed by atoms with van der Waals surface area (Å²) >= 11 is 2.77. The van der Waals surface area contributed by atoms with Gasteiger partial charge in [-0.05, 0) is 54.3 Å². The van der Waals surface area contributed by atoms with E-state index < -0.39 is 17.7 Å². The summed E-state index contributed by atoms with van der Waals surface area (Å²) in [6, 6.07) is 23.7. The molecule has 9 heteroatoms. The summed E-state index contributed by atoms with van der Waals surface area (Å²) in [4.78, 5) is 28.2. The van der Waals surface area contributed by atoms with Crippen LogP contribution >= 0.6 is 23.1 Å². The molecule has 198 valence electrons. The standard InChI is InChI=1S/C30H27N3O4S2/c1-3-19-10-12-21(13-11-19)25-24(26(34)22-14-16-23(17-15-22)37-4-2)27(35)28(36)33(25)29-31-32-30(39-29)38-18-20-8-6-5-7-9-20/h5-17,25,34H,3-4,18H2,1-2H3/b26-24-. The second-order valence-corrected chi connectivity index (χ2v) is 11.0. The number of aliphatic hydroxyl groups is 1. The molecule has 1 fully saturated rings. The molecular formula is C30H27N3O4S2. The van der Waals surface area contributed by atoms with Crippen molar-refractivity contribution in [2.75, 3.05) is 11.5 Å². The maximum absolute atomic E-state index is 13.4. The molecule has 1 saturated heterocycles. The van der Waals surface area contributed by atoms with Gasteiger partial charge in [0.15, 0.2) is 4.34 Å². The molecule has 1 atom stereocenters. The van der Waals surface area contributed by atoms with Gasteiger partial charge in [0.25, 0.3) is 5.78 Å². The lowest BCUT2D eigenvalue weighted by molar-refractivity contribution is -0.132. The van der Waals surface area contributed by atoms with Gasteiger partial charge in [-0.2, -0.15) is 0 Å². The van der Waals surface area contributed by atoms with Crippen molar-refractivity contribution in [3.63, 3.8) is 0 Å². The van der Waals surface area contributed by atoms with Crippen LogP contribution in [0.4, 0.5) is 5.13 Å². The van der Waals surface area contributed by atoms with E-state index in [9.17, 15) is 14.7 Å². The van der Waals surface area contributed by atoms with Gasteiger partial charge in [-0.1, -0.05) is 84.6 Å². The molecular weight excluding hydrogens is 530 g/mol. The Kier molecular flexibility index (Phi) is 8.09. The molecule has 39 heavy (non-hydrogen) atoms. The number of aromatic nitrogens is 2. The first-order chi connectivity index (χ1) is 19.0. The Morgan fingerprint density at radius 3 is 2.33 bits per heavy atom. The molecule has 1 aliphatic heterocycles. The number of carbonyl (C=O) groups is 2. The number of hydrogen-bond donors (Lipinski definition) is 1. The van der Waals surface area contributed by atoms with E-state index in [2.05, 4.69) is 17.1 Å². The summed E-state index contributed by atoms with van der Waals surface area (Å²) in [5, 5.41) is 20.2. The fourth-order valence-corrected chi connectivity index (χ4v) is 6.21. The second kappa shape index (κ2) is 11.8. The highest BCUT2D eigenvalue weighted by atomic mass is 32.2. The first-order valence-corrected chi connectivity index (χ1v) is 14.4. The topological polar surface area (TPSA) is 92.6 Å². The Balaban J connectivity index is 1.53. The summed E-state index contributed by atoms with van der Waals surface area (Å²) in [6.07, 6.45) is 0.852. The van der Waals surface area contributed by atoms with Crippen molar-refractivity contribution in [1.82, 2.24) is 10.2 Å². The number of rotatable bonds is 9. The average Bonchev–Trinajstić information content (AvgIpc) is 3.54. The van der Waals surface area contributed by atoms with Crippen molar-refractivity contribution < 1.29 is 19.4 Å². The van der Waals surface area contributed by atoms with Gasteiger partial charge in [0.05, 0.1) is 18.2 Å². The number of ether oxygens (including phenoxy) is 1. The van der Waals surface area contributed by atoms with Crippen LogP contribution in [0.25, 0.3) is 5.76 Å². The molecule has 1 aliphatic rings. The smallest absolute Gasteiger partial charge is 0.301 e. The molecule has 1 unspecified atom stereocenters. The molecule has 0 radical (unpaired) electrons. The minimum Gasteiger partial charge on any atom is -0.507 e. The third kappa shape index (κ3) is 5.60. The minimum atomic E-state index is -0.845. The molecule has 5 rings (SSSR count). The van der Waals surface area contributed by atoms with Crippen LogP contribution in [0.3, 0.4) is 0 Å². The second-order valence-electron chi connectivity index (χ2n) is 8.85. The van der Waals surface area contributed by atoms with Gasteiger partial charge < -0.3 is 9.84 Å². The van der Waals surface area contributed by atoms with Gasteiger partial charge in [0, 0.05) is 11.3 Å². The molecule has 0 aliphatic carbocycles. The Labute approximate surface area is 235 Å². The third-order valence-electron chi connectivity index (χ3n) is 6.39. The first kappa shape index (κ1) is 26.6. The Morgan fingerprint density at radius 1 is 0.949 bits per heavy atom. The molecule has 1 amide bonds. The number of benzene rings is 3. The molecule has 7 nitrogen and oxygen atoms in total. The number of anilines is 1. The lowest BCUT2D eigenvalue weighted by atomic mass is 9.94. The molecule has 4 aromatic rings. The van der Waals surface area contributed by atoms with Crippen molar-refractivity contribution >= 4 is 45.7 Å². The zero-order valence-electron chi connectivity index (χ0n) is 21.5. The van der Waals surface area contributed by atoms with Crippen LogP contribution in [0.5, 0.6) is 5.75 Å². The molecule has 0 saturated carbocycles. The van der Waals surface area contributed by atoms with E-state index in [0.29, 0.717) is 38.7 Å². The highest BCUT2D eigenvalue weighted by Gasteiger charge is 2.48. The van der Waals surface area contributed by atoms with E-state index in [1.54, 1.807) is 24.3 Å². The van der Waals surface area contributed by atoms with Gasteiger partial charge in [0.1, 0.15) is 11.5 Å². The number of ketones is 1. The first-order valence-electron chi connectivity index (χ1n) is 12.6.